The third-order valence-corrected chi connectivity index (χ3v) is 3.95. The third-order valence-electron chi connectivity index (χ3n) is 3.95. The topological polar surface area (TPSA) is 58.4 Å². The summed E-state index contributed by atoms with van der Waals surface area (Å²) in [4.78, 5) is 14.3. The second kappa shape index (κ2) is 9.03. The van der Waals surface area contributed by atoms with Gasteiger partial charge in [0.05, 0.1) is 6.54 Å². The van der Waals surface area contributed by atoms with Crippen LogP contribution < -0.4 is 11.1 Å². The quantitative estimate of drug-likeness (QED) is 0.873. The van der Waals surface area contributed by atoms with E-state index in [1.54, 1.807) is 0 Å². The number of amides is 1. The van der Waals surface area contributed by atoms with E-state index in [1.807, 2.05) is 37.3 Å². The highest BCUT2D eigenvalue weighted by Crippen LogP contribution is 2.18. The molecule has 2 unspecified atom stereocenters. The van der Waals surface area contributed by atoms with Gasteiger partial charge in [0.2, 0.25) is 5.91 Å². The first-order chi connectivity index (χ1) is 9.66. The molecule has 2 rings (SSSR count). The highest BCUT2D eigenvalue weighted by Gasteiger charge is 2.26. The molecule has 0 bridgehead atoms. The van der Waals surface area contributed by atoms with Crippen molar-refractivity contribution in [2.45, 2.75) is 44.8 Å². The molecule has 0 aliphatic carbocycles. The lowest BCUT2D eigenvalue weighted by Gasteiger charge is -2.37. The Bertz CT molecular complexity index is 425. The minimum Gasteiger partial charge on any atom is -0.351 e. The first-order valence-corrected chi connectivity index (χ1v) is 7.47. The van der Waals surface area contributed by atoms with Crippen LogP contribution in [0.25, 0.3) is 0 Å². The maximum atomic E-state index is 12.1. The first kappa shape index (κ1) is 18.0. The third kappa shape index (κ3) is 5.65. The van der Waals surface area contributed by atoms with Gasteiger partial charge in [0.1, 0.15) is 0 Å². The average molecular weight is 312 g/mol. The van der Waals surface area contributed by atoms with E-state index in [2.05, 4.69) is 10.2 Å². The van der Waals surface area contributed by atoms with E-state index in [0.29, 0.717) is 19.1 Å². The fourth-order valence-corrected chi connectivity index (χ4v) is 2.85. The summed E-state index contributed by atoms with van der Waals surface area (Å²) >= 11 is 0. The molecule has 5 heteroatoms. The molecule has 1 saturated heterocycles. The number of carbonyl (C=O) groups excluding carboxylic acids is 1. The average Bonchev–Trinajstić information content (AvgIpc) is 2.46. The molecule has 1 fully saturated rings. The lowest BCUT2D eigenvalue weighted by atomic mass is 9.97. The molecule has 1 aliphatic rings. The summed E-state index contributed by atoms with van der Waals surface area (Å²) in [6.07, 6.45) is 3.48. The minimum atomic E-state index is 0. The molecule has 1 amide bonds. The van der Waals surface area contributed by atoms with Crippen molar-refractivity contribution in [1.82, 2.24) is 10.2 Å². The van der Waals surface area contributed by atoms with Gasteiger partial charge < -0.3 is 11.1 Å². The fourth-order valence-electron chi connectivity index (χ4n) is 2.85. The Morgan fingerprint density at radius 3 is 2.76 bits per heavy atom. The molecule has 21 heavy (non-hydrogen) atoms. The zero-order chi connectivity index (χ0) is 14.4. The van der Waals surface area contributed by atoms with E-state index in [1.165, 1.54) is 6.42 Å². The molecule has 1 heterocycles. The molecule has 3 N–H and O–H groups in total. The number of piperidine rings is 1. The number of nitrogens with zero attached hydrogens (tertiary/aromatic N) is 1. The summed E-state index contributed by atoms with van der Waals surface area (Å²) in [7, 11) is 0. The molecule has 1 aromatic rings. The van der Waals surface area contributed by atoms with Crippen molar-refractivity contribution < 1.29 is 4.79 Å². The Kier molecular flexibility index (Phi) is 7.72. The molecule has 1 aromatic carbocycles. The van der Waals surface area contributed by atoms with E-state index >= 15 is 0 Å². The van der Waals surface area contributed by atoms with E-state index in [4.69, 9.17) is 5.73 Å². The number of rotatable bonds is 5. The summed E-state index contributed by atoms with van der Waals surface area (Å²) in [5.41, 5.74) is 7.15. The molecule has 0 aromatic heterocycles. The lowest BCUT2D eigenvalue weighted by molar-refractivity contribution is -0.123. The van der Waals surface area contributed by atoms with Gasteiger partial charge >= 0.3 is 0 Å². The zero-order valence-corrected chi connectivity index (χ0v) is 13.4. The molecule has 0 spiro atoms. The van der Waals surface area contributed by atoms with Crippen molar-refractivity contribution in [3.05, 3.63) is 35.9 Å². The van der Waals surface area contributed by atoms with Crippen LogP contribution in [-0.4, -0.2) is 36.0 Å². The number of hydrogen-bond acceptors (Lipinski definition) is 3. The minimum absolute atomic E-state index is 0. The van der Waals surface area contributed by atoms with Gasteiger partial charge in [-0.15, -0.1) is 12.4 Å². The van der Waals surface area contributed by atoms with Gasteiger partial charge in [-0.25, -0.2) is 0 Å². The maximum Gasteiger partial charge on any atom is 0.234 e. The Balaban J connectivity index is 0.00000220. The maximum absolute atomic E-state index is 12.1. The van der Waals surface area contributed by atoms with Crippen molar-refractivity contribution in [2.75, 3.05) is 13.1 Å². The van der Waals surface area contributed by atoms with Crippen molar-refractivity contribution in [3.63, 3.8) is 0 Å². The van der Waals surface area contributed by atoms with Gasteiger partial charge in [-0.05, 0) is 31.9 Å². The smallest absolute Gasteiger partial charge is 0.234 e. The first-order valence-electron chi connectivity index (χ1n) is 7.47. The van der Waals surface area contributed by atoms with E-state index in [0.717, 1.165) is 24.9 Å². The van der Waals surface area contributed by atoms with Crippen LogP contribution in [0.5, 0.6) is 0 Å². The summed E-state index contributed by atoms with van der Waals surface area (Å²) in [6.45, 7) is 4.06. The Morgan fingerprint density at radius 2 is 2.10 bits per heavy atom. The molecular formula is C16H26ClN3O. The van der Waals surface area contributed by atoms with Crippen molar-refractivity contribution in [3.8, 4) is 0 Å². The second-order valence-electron chi connectivity index (χ2n) is 5.66. The number of nitrogens with one attached hydrogen (secondary N) is 1. The Labute approximate surface area is 133 Å². The number of hydrogen-bond donors (Lipinski definition) is 2. The number of benzene rings is 1. The van der Waals surface area contributed by atoms with Crippen LogP contribution in [0.1, 0.15) is 31.7 Å². The van der Waals surface area contributed by atoms with E-state index < -0.39 is 0 Å². The lowest BCUT2D eigenvalue weighted by Crippen LogP contribution is -2.52. The van der Waals surface area contributed by atoms with E-state index in [9.17, 15) is 4.79 Å². The predicted molar refractivity (Wildman–Crippen MR) is 88.4 cm³/mol. The largest absolute Gasteiger partial charge is 0.351 e. The number of carbonyl (C=O) groups is 1. The summed E-state index contributed by atoms with van der Waals surface area (Å²) in [6, 6.07) is 10.4. The van der Waals surface area contributed by atoms with Gasteiger partial charge in [-0.2, -0.15) is 0 Å². The van der Waals surface area contributed by atoms with Crippen LogP contribution in [0.15, 0.2) is 30.3 Å². The summed E-state index contributed by atoms with van der Waals surface area (Å²) in [5, 5.41) is 2.98. The van der Waals surface area contributed by atoms with Gasteiger partial charge in [0.15, 0.2) is 0 Å². The highest BCUT2D eigenvalue weighted by atomic mass is 35.5. The van der Waals surface area contributed by atoms with Crippen LogP contribution in [0.2, 0.25) is 0 Å². The van der Waals surface area contributed by atoms with E-state index in [-0.39, 0.29) is 24.4 Å². The molecule has 4 nitrogen and oxygen atoms in total. The molecule has 118 valence electrons. The van der Waals surface area contributed by atoms with Crippen molar-refractivity contribution >= 4 is 18.3 Å². The molecule has 0 saturated carbocycles. The van der Waals surface area contributed by atoms with Gasteiger partial charge in [0, 0.05) is 18.6 Å². The molecule has 0 radical (unpaired) electrons. The van der Waals surface area contributed by atoms with Crippen molar-refractivity contribution in [1.29, 1.82) is 0 Å². The Hall–Kier alpha value is -1.10. The van der Waals surface area contributed by atoms with Crippen LogP contribution in [0.4, 0.5) is 0 Å². The second-order valence-corrected chi connectivity index (χ2v) is 5.66. The predicted octanol–water partition coefficient (Wildman–Crippen LogP) is 1.93. The van der Waals surface area contributed by atoms with Crippen LogP contribution in [-0.2, 0) is 11.3 Å². The molecular weight excluding hydrogens is 286 g/mol. The fraction of sp³-hybridized carbons (Fsp3) is 0.562. The van der Waals surface area contributed by atoms with Gasteiger partial charge in [-0.3, -0.25) is 9.69 Å². The monoisotopic (exact) mass is 311 g/mol. The van der Waals surface area contributed by atoms with Gasteiger partial charge in [-0.1, -0.05) is 36.8 Å². The van der Waals surface area contributed by atoms with Crippen molar-refractivity contribution in [2.24, 2.45) is 5.73 Å². The van der Waals surface area contributed by atoms with Gasteiger partial charge in [0.25, 0.3) is 0 Å². The standard InChI is InChI=1S/C16H25N3O.ClH/c1-13(17)15-9-5-6-10-19(15)12-16(20)18-11-14-7-3-2-4-8-14;/h2-4,7-8,13,15H,5-6,9-12,17H2,1H3,(H,18,20);1H. The SMILES string of the molecule is CC(N)C1CCCCN1CC(=O)NCc1ccccc1.Cl. The number of halogens is 1. The van der Waals surface area contributed by atoms with Crippen LogP contribution in [0.3, 0.4) is 0 Å². The normalized spacial score (nSPS) is 20.4. The number of nitrogens with two attached hydrogens (primary N) is 1. The summed E-state index contributed by atoms with van der Waals surface area (Å²) in [5.74, 6) is 0.0846. The number of likely N-dealkylation sites (tertiary alicyclic amines) is 1. The van der Waals surface area contributed by atoms with Crippen LogP contribution in [0, 0.1) is 0 Å². The molecule has 1 aliphatic heterocycles. The zero-order valence-electron chi connectivity index (χ0n) is 12.6. The Morgan fingerprint density at radius 1 is 1.38 bits per heavy atom. The molecule has 2 atom stereocenters. The van der Waals surface area contributed by atoms with Crippen LogP contribution >= 0.6 is 12.4 Å². The highest BCUT2D eigenvalue weighted by molar-refractivity contribution is 5.85. The summed E-state index contributed by atoms with van der Waals surface area (Å²) < 4.78 is 0.